The predicted octanol–water partition coefficient (Wildman–Crippen LogP) is 5.14. The van der Waals surface area contributed by atoms with Gasteiger partial charge in [-0.3, -0.25) is 4.98 Å². The Labute approximate surface area is 169 Å². The number of thiocarbonyl (C=S) groups is 1. The van der Waals surface area contributed by atoms with E-state index in [1.54, 1.807) is 13.3 Å². The summed E-state index contributed by atoms with van der Waals surface area (Å²) >= 11 is 11.6. The molecule has 138 valence electrons. The first-order chi connectivity index (χ1) is 13.1. The van der Waals surface area contributed by atoms with Gasteiger partial charge in [-0.25, -0.2) is 0 Å². The van der Waals surface area contributed by atoms with Gasteiger partial charge in [-0.15, -0.1) is 0 Å². The van der Waals surface area contributed by atoms with Crippen molar-refractivity contribution in [3.8, 4) is 5.75 Å². The minimum atomic E-state index is 0.629. The maximum Gasteiger partial charge on any atom is 0.174 e. The molecule has 6 heteroatoms. The van der Waals surface area contributed by atoms with Gasteiger partial charge >= 0.3 is 0 Å². The molecule has 1 N–H and O–H groups in total. The number of rotatable bonds is 6. The van der Waals surface area contributed by atoms with Crippen LogP contribution in [0.25, 0.3) is 0 Å². The molecule has 0 aliphatic heterocycles. The van der Waals surface area contributed by atoms with Crippen LogP contribution in [0.4, 0.5) is 5.69 Å². The molecule has 0 saturated heterocycles. The number of hydrogen-bond acceptors (Lipinski definition) is 3. The van der Waals surface area contributed by atoms with Crippen molar-refractivity contribution in [2.45, 2.75) is 13.1 Å². The number of benzene rings is 2. The molecule has 0 fully saturated rings. The van der Waals surface area contributed by atoms with Crippen molar-refractivity contribution in [2.75, 3.05) is 12.4 Å². The summed E-state index contributed by atoms with van der Waals surface area (Å²) in [5.41, 5.74) is 3.09. The van der Waals surface area contributed by atoms with Crippen LogP contribution in [0, 0.1) is 0 Å². The third-order valence-electron chi connectivity index (χ3n) is 3.99. The fraction of sp³-hybridized carbons (Fsp3) is 0.143. The lowest BCUT2D eigenvalue weighted by Crippen LogP contribution is -2.33. The summed E-state index contributed by atoms with van der Waals surface area (Å²) in [5.74, 6) is 0.824. The molecule has 2 aromatic carbocycles. The lowest BCUT2D eigenvalue weighted by molar-refractivity contribution is 0.401. The highest BCUT2D eigenvalue weighted by Gasteiger charge is 2.12. The normalized spacial score (nSPS) is 10.3. The van der Waals surface area contributed by atoms with E-state index < -0.39 is 0 Å². The van der Waals surface area contributed by atoms with Gasteiger partial charge in [-0.05, 0) is 65.8 Å². The molecule has 1 heterocycles. The van der Waals surface area contributed by atoms with Crippen LogP contribution in [0.3, 0.4) is 0 Å². The summed E-state index contributed by atoms with van der Waals surface area (Å²) in [4.78, 5) is 6.29. The number of anilines is 1. The van der Waals surface area contributed by atoms with Crippen LogP contribution < -0.4 is 10.1 Å². The first-order valence-corrected chi connectivity index (χ1v) is 9.26. The Hall–Kier alpha value is -2.63. The van der Waals surface area contributed by atoms with E-state index in [1.807, 2.05) is 60.8 Å². The van der Waals surface area contributed by atoms with Crippen molar-refractivity contribution in [3.63, 3.8) is 0 Å². The third kappa shape index (κ3) is 5.67. The van der Waals surface area contributed by atoms with Gasteiger partial charge in [0.1, 0.15) is 5.75 Å². The Morgan fingerprint density at radius 1 is 1.07 bits per heavy atom. The largest absolute Gasteiger partial charge is 0.497 e. The molecular weight excluding hydrogens is 378 g/mol. The van der Waals surface area contributed by atoms with E-state index in [4.69, 9.17) is 28.6 Å². The molecule has 0 unspecified atom stereocenters. The Bertz CT molecular complexity index is 887. The lowest BCUT2D eigenvalue weighted by atomic mass is 10.2. The zero-order chi connectivity index (χ0) is 19.1. The van der Waals surface area contributed by atoms with E-state index in [2.05, 4.69) is 21.3 Å². The molecule has 0 saturated carbocycles. The highest BCUT2D eigenvalue weighted by Crippen LogP contribution is 2.18. The van der Waals surface area contributed by atoms with Gasteiger partial charge in [0, 0.05) is 36.2 Å². The Morgan fingerprint density at radius 3 is 2.52 bits per heavy atom. The van der Waals surface area contributed by atoms with Crippen molar-refractivity contribution < 1.29 is 4.74 Å². The van der Waals surface area contributed by atoms with E-state index >= 15 is 0 Å². The SMILES string of the molecule is COc1cccc(CN(Cc2cccnc2)C(=S)Nc2ccc(Cl)cc2)c1. The number of nitrogens with one attached hydrogen (secondary N) is 1. The van der Waals surface area contributed by atoms with Crippen LogP contribution in [-0.4, -0.2) is 22.1 Å². The molecule has 0 aliphatic carbocycles. The number of halogens is 1. The zero-order valence-electron chi connectivity index (χ0n) is 14.9. The van der Waals surface area contributed by atoms with Crippen molar-refractivity contribution in [1.29, 1.82) is 0 Å². The van der Waals surface area contributed by atoms with E-state index in [1.165, 1.54) is 0 Å². The maximum absolute atomic E-state index is 5.96. The molecule has 0 amide bonds. The first-order valence-electron chi connectivity index (χ1n) is 8.47. The highest BCUT2D eigenvalue weighted by atomic mass is 35.5. The molecule has 0 radical (unpaired) electrons. The summed E-state index contributed by atoms with van der Waals surface area (Å²) < 4.78 is 5.33. The zero-order valence-corrected chi connectivity index (χ0v) is 16.5. The molecule has 0 bridgehead atoms. The molecule has 3 aromatic rings. The second-order valence-corrected chi connectivity index (χ2v) is 6.83. The molecule has 3 rings (SSSR count). The molecule has 4 nitrogen and oxygen atoms in total. The number of ether oxygens (including phenoxy) is 1. The average molecular weight is 398 g/mol. The lowest BCUT2D eigenvalue weighted by Gasteiger charge is -2.26. The second-order valence-electron chi connectivity index (χ2n) is 6.01. The molecule has 0 atom stereocenters. The minimum absolute atomic E-state index is 0.629. The van der Waals surface area contributed by atoms with E-state index in [0.717, 1.165) is 22.6 Å². The van der Waals surface area contributed by atoms with Gasteiger partial charge in [0.05, 0.1) is 7.11 Å². The molecular formula is C21H20ClN3OS. The van der Waals surface area contributed by atoms with Crippen molar-refractivity contribution >= 4 is 34.6 Å². The predicted molar refractivity (Wildman–Crippen MR) is 114 cm³/mol. The van der Waals surface area contributed by atoms with Crippen LogP contribution in [0.1, 0.15) is 11.1 Å². The van der Waals surface area contributed by atoms with Crippen LogP contribution in [0.15, 0.2) is 73.1 Å². The summed E-state index contributed by atoms with van der Waals surface area (Å²) in [6.45, 7) is 1.29. The summed E-state index contributed by atoms with van der Waals surface area (Å²) in [7, 11) is 1.67. The smallest absolute Gasteiger partial charge is 0.174 e. The molecule has 0 aliphatic rings. The Kier molecular flexibility index (Phi) is 6.63. The van der Waals surface area contributed by atoms with Gasteiger partial charge in [-0.1, -0.05) is 29.8 Å². The van der Waals surface area contributed by atoms with E-state index in [9.17, 15) is 0 Å². The summed E-state index contributed by atoms with van der Waals surface area (Å²) in [6, 6.07) is 19.4. The number of hydrogen-bond donors (Lipinski definition) is 1. The van der Waals surface area contributed by atoms with Crippen molar-refractivity contribution in [1.82, 2.24) is 9.88 Å². The average Bonchev–Trinajstić information content (AvgIpc) is 2.70. The van der Waals surface area contributed by atoms with Crippen LogP contribution in [0.2, 0.25) is 5.02 Å². The fourth-order valence-electron chi connectivity index (χ4n) is 2.64. The van der Waals surface area contributed by atoms with Gasteiger partial charge in [0.15, 0.2) is 5.11 Å². The Morgan fingerprint density at radius 2 is 1.81 bits per heavy atom. The van der Waals surface area contributed by atoms with Gasteiger partial charge in [0.2, 0.25) is 0 Å². The minimum Gasteiger partial charge on any atom is -0.497 e. The summed E-state index contributed by atoms with van der Waals surface area (Å²) in [5, 5.41) is 4.60. The fourth-order valence-corrected chi connectivity index (χ4v) is 3.01. The Balaban J connectivity index is 1.79. The molecule has 1 aromatic heterocycles. The summed E-state index contributed by atoms with van der Waals surface area (Å²) in [6.07, 6.45) is 3.61. The monoisotopic (exact) mass is 397 g/mol. The van der Waals surface area contributed by atoms with E-state index in [-0.39, 0.29) is 0 Å². The van der Waals surface area contributed by atoms with Gasteiger partial charge in [0.25, 0.3) is 0 Å². The standard InChI is InChI=1S/C21H20ClN3OS/c1-26-20-6-2-4-16(12-20)14-25(15-17-5-3-11-23-13-17)21(27)24-19-9-7-18(22)8-10-19/h2-13H,14-15H2,1H3,(H,24,27). The van der Waals surface area contributed by atoms with Crippen molar-refractivity contribution in [3.05, 3.63) is 89.2 Å². The van der Waals surface area contributed by atoms with Crippen LogP contribution in [0.5, 0.6) is 5.75 Å². The third-order valence-corrected chi connectivity index (χ3v) is 4.60. The number of nitrogens with zero attached hydrogens (tertiary/aromatic N) is 2. The first kappa shape index (κ1) is 19.1. The second kappa shape index (κ2) is 9.35. The number of pyridine rings is 1. The van der Waals surface area contributed by atoms with Gasteiger partial charge < -0.3 is 15.0 Å². The van der Waals surface area contributed by atoms with Crippen LogP contribution >= 0.6 is 23.8 Å². The molecule has 27 heavy (non-hydrogen) atoms. The number of methoxy groups -OCH3 is 1. The van der Waals surface area contributed by atoms with Crippen LogP contribution in [-0.2, 0) is 13.1 Å². The highest BCUT2D eigenvalue weighted by molar-refractivity contribution is 7.80. The van der Waals surface area contributed by atoms with Gasteiger partial charge in [-0.2, -0.15) is 0 Å². The van der Waals surface area contributed by atoms with E-state index in [0.29, 0.717) is 23.2 Å². The molecule has 0 spiro atoms. The topological polar surface area (TPSA) is 37.4 Å². The maximum atomic E-state index is 5.96. The number of aromatic nitrogens is 1. The quantitative estimate of drug-likeness (QED) is 0.582. The van der Waals surface area contributed by atoms with Crippen molar-refractivity contribution in [2.24, 2.45) is 0 Å².